The Hall–Kier alpha value is -1.96. The molecule has 2 nitrogen and oxygen atoms in total. The molecule has 1 aliphatic rings. The van der Waals surface area contributed by atoms with Gasteiger partial charge in [0.15, 0.2) is 0 Å². The first-order valence-corrected chi connectivity index (χ1v) is 5.49. The van der Waals surface area contributed by atoms with Gasteiger partial charge in [0.25, 0.3) is 0 Å². The number of nitrogens with zero attached hydrogens (tertiary/aromatic N) is 1. The molecule has 1 heterocycles. The summed E-state index contributed by atoms with van der Waals surface area (Å²) in [5.74, 6) is 0.321. The molecular weight excluding hydrogens is 198 g/mol. The highest BCUT2D eigenvalue weighted by atomic mass is 16.3. The molecule has 1 aliphatic heterocycles. The van der Waals surface area contributed by atoms with Crippen LogP contribution < -0.4 is 4.90 Å². The van der Waals surface area contributed by atoms with Crippen molar-refractivity contribution in [3.63, 3.8) is 0 Å². The van der Waals surface area contributed by atoms with Crippen LogP contribution in [0.1, 0.15) is 5.56 Å². The molecule has 0 atom stereocenters. The fourth-order valence-corrected chi connectivity index (χ4v) is 2.27. The van der Waals surface area contributed by atoms with E-state index in [0.29, 0.717) is 5.75 Å². The van der Waals surface area contributed by atoms with E-state index in [-0.39, 0.29) is 0 Å². The minimum atomic E-state index is 0.321. The van der Waals surface area contributed by atoms with Crippen LogP contribution >= 0.6 is 0 Å². The molecule has 0 spiro atoms. The Labute approximate surface area is 94.8 Å². The van der Waals surface area contributed by atoms with Crippen molar-refractivity contribution >= 4 is 11.4 Å². The van der Waals surface area contributed by atoms with Crippen LogP contribution in [0, 0.1) is 0 Å². The fourth-order valence-electron chi connectivity index (χ4n) is 2.27. The van der Waals surface area contributed by atoms with E-state index in [1.807, 2.05) is 18.2 Å². The normalized spacial score (nSPS) is 13.9. The average molecular weight is 211 g/mol. The lowest BCUT2D eigenvalue weighted by atomic mass is 10.2. The van der Waals surface area contributed by atoms with Gasteiger partial charge in [-0.25, -0.2) is 0 Å². The summed E-state index contributed by atoms with van der Waals surface area (Å²) in [6, 6.07) is 15.8. The van der Waals surface area contributed by atoms with Gasteiger partial charge in [-0.3, -0.25) is 0 Å². The summed E-state index contributed by atoms with van der Waals surface area (Å²) >= 11 is 0. The van der Waals surface area contributed by atoms with Crippen molar-refractivity contribution in [2.24, 2.45) is 0 Å². The van der Waals surface area contributed by atoms with Crippen molar-refractivity contribution in [1.82, 2.24) is 0 Å². The molecule has 0 unspecified atom stereocenters. The number of hydrogen-bond donors (Lipinski definition) is 1. The van der Waals surface area contributed by atoms with E-state index < -0.39 is 0 Å². The maximum Gasteiger partial charge on any atom is 0.117 e. The molecule has 0 radical (unpaired) electrons. The zero-order valence-corrected chi connectivity index (χ0v) is 8.93. The summed E-state index contributed by atoms with van der Waals surface area (Å²) in [5.41, 5.74) is 3.70. The molecule has 3 rings (SSSR count). The number of para-hydroxylation sites is 1. The smallest absolute Gasteiger partial charge is 0.117 e. The number of fused-ring (bicyclic) bond motifs is 1. The van der Waals surface area contributed by atoms with E-state index in [1.54, 1.807) is 6.07 Å². The number of aromatic hydroxyl groups is 1. The summed E-state index contributed by atoms with van der Waals surface area (Å²) in [4.78, 5) is 2.25. The highest BCUT2D eigenvalue weighted by molar-refractivity contribution is 5.70. The van der Waals surface area contributed by atoms with E-state index in [4.69, 9.17) is 0 Å². The number of phenols is 1. The maximum absolute atomic E-state index is 9.49. The number of phenolic OH excluding ortho intramolecular Hbond substituents is 1. The van der Waals surface area contributed by atoms with Crippen molar-refractivity contribution < 1.29 is 5.11 Å². The number of anilines is 2. The SMILES string of the molecule is Oc1cccc(N2CCc3ccccc32)c1. The van der Waals surface area contributed by atoms with Crippen molar-refractivity contribution in [3.05, 3.63) is 54.1 Å². The zero-order chi connectivity index (χ0) is 11.0. The first kappa shape index (κ1) is 9.28. The average Bonchev–Trinajstić information content (AvgIpc) is 2.72. The van der Waals surface area contributed by atoms with E-state index in [2.05, 4.69) is 29.2 Å². The third-order valence-corrected chi connectivity index (χ3v) is 3.03. The molecule has 1 N–H and O–H groups in total. The molecule has 0 aliphatic carbocycles. The lowest BCUT2D eigenvalue weighted by molar-refractivity contribution is 0.475. The summed E-state index contributed by atoms with van der Waals surface area (Å²) < 4.78 is 0. The predicted molar refractivity (Wildman–Crippen MR) is 65.3 cm³/mol. The molecule has 2 aromatic carbocycles. The quantitative estimate of drug-likeness (QED) is 0.783. The number of rotatable bonds is 1. The number of hydrogen-bond acceptors (Lipinski definition) is 2. The molecule has 2 aromatic rings. The van der Waals surface area contributed by atoms with Gasteiger partial charge < -0.3 is 10.0 Å². The van der Waals surface area contributed by atoms with Crippen molar-refractivity contribution in [2.45, 2.75) is 6.42 Å². The minimum absolute atomic E-state index is 0.321. The largest absolute Gasteiger partial charge is 0.508 e. The van der Waals surface area contributed by atoms with Crippen LogP contribution in [0.25, 0.3) is 0 Å². The van der Waals surface area contributed by atoms with Gasteiger partial charge in [-0.05, 0) is 30.2 Å². The van der Waals surface area contributed by atoms with Crippen LogP contribution in [0.5, 0.6) is 5.75 Å². The summed E-state index contributed by atoms with van der Waals surface area (Å²) in [7, 11) is 0. The van der Waals surface area contributed by atoms with Gasteiger partial charge in [0, 0.05) is 24.0 Å². The molecule has 0 saturated heterocycles. The summed E-state index contributed by atoms with van der Waals surface area (Å²) in [5, 5.41) is 9.49. The summed E-state index contributed by atoms with van der Waals surface area (Å²) in [6.07, 6.45) is 1.08. The lowest BCUT2D eigenvalue weighted by Gasteiger charge is -2.19. The van der Waals surface area contributed by atoms with Gasteiger partial charge >= 0.3 is 0 Å². The van der Waals surface area contributed by atoms with Crippen LogP contribution in [0.2, 0.25) is 0 Å². The van der Waals surface area contributed by atoms with Gasteiger partial charge in [0.05, 0.1) is 0 Å². The van der Waals surface area contributed by atoms with Crippen LogP contribution in [0.3, 0.4) is 0 Å². The van der Waals surface area contributed by atoms with Gasteiger partial charge in [-0.2, -0.15) is 0 Å². The topological polar surface area (TPSA) is 23.5 Å². The van der Waals surface area contributed by atoms with Crippen LogP contribution in [-0.2, 0) is 6.42 Å². The summed E-state index contributed by atoms with van der Waals surface area (Å²) in [6.45, 7) is 0.989. The standard InChI is InChI=1S/C14H13NO/c16-13-6-3-5-12(10-13)15-9-8-11-4-1-2-7-14(11)15/h1-7,10,16H,8-9H2. The predicted octanol–water partition coefficient (Wildman–Crippen LogP) is 3.09. The minimum Gasteiger partial charge on any atom is -0.508 e. The third kappa shape index (κ3) is 1.43. The van der Waals surface area contributed by atoms with E-state index in [0.717, 1.165) is 18.7 Å². The molecule has 80 valence electrons. The lowest BCUT2D eigenvalue weighted by Crippen LogP contribution is -2.12. The van der Waals surface area contributed by atoms with E-state index in [1.165, 1.54) is 11.3 Å². The highest BCUT2D eigenvalue weighted by Gasteiger charge is 2.19. The van der Waals surface area contributed by atoms with Crippen molar-refractivity contribution in [2.75, 3.05) is 11.4 Å². The van der Waals surface area contributed by atoms with Gasteiger partial charge in [-0.1, -0.05) is 24.3 Å². The van der Waals surface area contributed by atoms with Crippen molar-refractivity contribution in [1.29, 1.82) is 0 Å². The monoisotopic (exact) mass is 211 g/mol. The van der Waals surface area contributed by atoms with Crippen LogP contribution in [0.15, 0.2) is 48.5 Å². The third-order valence-electron chi connectivity index (χ3n) is 3.03. The van der Waals surface area contributed by atoms with E-state index in [9.17, 15) is 5.11 Å². The number of benzene rings is 2. The second-order valence-electron chi connectivity index (χ2n) is 4.05. The Morgan fingerprint density at radius 3 is 2.75 bits per heavy atom. The second-order valence-corrected chi connectivity index (χ2v) is 4.05. The Bertz CT molecular complexity index is 522. The molecule has 0 aromatic heterocycles. The second kappa shape index (κ2) is 3.56. The molecule has 2 heteroatoms. The Kier molecular flexibility index (Phi) is 2.07. The first-order chi connectivity index (χ1) is 7.84. The molecule has 0 fully saturated rings. The fraction of sp³-hybridized carbons (Fsp3) is 0.143. The van der Waals surface area contributed by atoms with Gasteiger partial charge in [0.2, 0.25) is 0 Å². The van der Waals surface area contributed by atoms with Crippen molar-refractivity contribution in [3.8, 4) is 5.75 Å². The molecule has 0 amide bonds. The van der Waals surface area contributed by atoms with Gasteiger partial charge in [-0.15, -0.1) is 0 Å². The molecule has 0 saturated carbocycles. The Morgan fingerprint density at radius 2 is 1.88 bits per heavy atom. The zero-order valence-electron chi connectivity index (χ0n) is 8.93. The maximum atomic E-state index is 9.49. The van der Waals surface area contributed by atoms with Crippen LogP contribution in [-0.4, -0.2) is 11.7 Å². The van der Waals surface area contributed by atoms with Crippen LogP contribution in [0.4, 0.5) is 11.4 Å². The molecular formula is C14H13NO. The Morgan fingerprint density at radius 1 is 1.00 bits per heavy atom. The van der Waals surface area contributed by atoms with E-state index >= 15 is 0 Å². The highest BCUT2D eigenvalue weighted by Crippen LogP contribution is 2.35. The first-order valence-electron chi connectivity index (χ1n) is 5.49. The molecule has 16 heavy (non-hydrogen) atoms. The molecule has 0 bridgehead atoms. The van der Waals surface area contributed by atoms with Gasteiger partial charge in [0.1, 0.15) is 5.75 Å². The Balaban J connectivity index is 2.05.